The van der Waals surface area contributed by atoms with Gasteiger partial charge in [0.2, 0.25) is 0 Å². The van der Waals surface area contributed by atoms with Crippen molar-refractivity contribution in [3.8, 4) is 56.4 Å². The van der Waals surface area contributed by atoms with Crippen LogP contribution in [0.2, 0.25) is 0 Å². The van der Waals surface area contributed by atoms with Crippen LogP contribution in [0.4, 0.5) is 0 Å². The second kappa shape index (κ2) is 12.3. The first-order valence-electron chi connectivity index (χ1n) is 18.0. The smallest absolute Gasteiger partial charge is 0.164 e. The van der Waals surface area contributed by atoms with E-state index in [9.17, 15) is 0 Å². The van der Waals surface area contributed by atoms with Crippen LogP contribution in [-0.2, 0) is 0 Å². The van der Waals surface area contributed by atoms with Gasteiger partial charge >= 0.3 is 0 Å². The largest absolute Gasteiger partial charge is 0.456 e. The van der Waals surface area contributed by atoms with E-state index in [4.69, 9.17) is 19.4 Å². The summed E-state index contributed by atoms with van der Waals surface area (Å²) in [6, 6.07) is 61.3. The molecule has 252 valence electrons. The Hall–Kier alpha value is -6.95. The van der Waals surface area contributed by atoms with Gasteiger partial charge < -0.3 is 4.42 Å². The maximum Gasteiger partial charge on any atom is 0.164 e. The van der Waals surface area contributed by atoms with Crippen LogP contribution >= 0.6 is 11.3 Å². The van der Waals surface area contributed by atoms with Crippen molar-refractivity contribution in [2.75, 3.05) is 0 Å². The molecule has 0 atom stereocenters. The molecule has 0 aliphatic rings. The van der Waals surface area contributed by atoms with E-state index in [2.05, 4.69) is 146 Å². The summed E-state index contributed by atoms with van der Waals surface area (Å²) in [5, 5.41) is 6.77. The van der Waals surface area contributed by atoms with Crippen LogP contribution in [-0.4, -0.2) is 15.0 Å². The minimum absolute atomic E-state index is 0.595. The number of benzene rings is 8. The molecule has 0 amide bonds. The van der Waals surface area contributed by atoms with Crippen LogP contribution in [0.15, 0.2) is 180 Å². The summed E-state index contributed by atoms with van der Waals surface area (Å²) >= 11 is 1.83. The Labute approximate surface area is 314 Å². The van der Waals surface area contributed by atoms with E-state index in [0.717, 1.165) is 66.3 Å². The first-order valence-corrected chi connectivity index (χ1v) is 18.8. The number of thiophene rings is 1. The lowest BCUT2D eigenvalue weighted by Crippen LogP contribution is -2.01. The maximum absolute atomic E-state index is 6.53. The minimum Gasteiger partial charge on any atom is -0.456 e. The fourth-order valence-corrected chi connectivity index (χ4v) is 9.05. The molecule has 0 saturated carbocycles. The van der Waals surface area contributed by atoms with E-state index in [-0.39, 0.29) is 0 Å². The van der Waals surface area contributed by atoms with Crippen molar-refractivity contribution in [3.05, 3.63) is 176 Å². The average Bonchev–Trinajstić information content (AvgIpc) is 3.83. The predicted molar refractivity (Wildman–Crippen MR) is 225 cm³/mol. The van der Waals surface area contributed by atoms with Crippen LogP contribution in [0.1, 0.15) is 0 Å². The summed E-state index contributed by atoms with van der Waals surface area (Å²) in [5.41, 5.74) is 8.93. The van der Waals surface area contributed by atoms with Gasteiger partial charge in [-0.15, -0.1) is 11.3 Å². The molecule has 0 N–H and O–H groups in total. The normalized spacial score (nSPS) is 11.7. The summed E-state index contributed by atoms with van der Waals surface area (Å²) in [6.45, 7) is 0. The number of aromatic nitrogens is 3. The maximum atomic E-state index is 6.53. The van der Waals surface area contributed by atoms with Crippen molar-refractivity contribution in [1.82, 2.24) is 15.0 Å². The van der Waals surface area contributed by atoms with Gasteiger partial charge in [-0.05, 0) is 51.9 Å². The fraction of sp³-hybridized carbons (Fsp3) is 0. The van der Waals surface area contributed by atoms with Crippen LogP contribution < -0.4 is 0 Å². The molecule has 11 aromatic rings. The molecule has 0 aliphatic heterocycles. The van der Waals surface area contributed by atoms with Crippen molar-refractivity contribution in [1.29, 1.82) is 0 Å². The van der Waals surface area contributed by atoms with Crippen LogP contribution in [0.3, 0.4) is 0 Å². The Bertz CT molecular complexity index is 3200. The first-order chi connectivity index (χ1) is 26.8. The van der Waals surface area contributed by atoms with Crippen molar-refractivity contribution in [2.24, 2.45) is 0 Å². The summed E-state index contributed by atoms with van der Waals surface area (Å²) in [7, 11) is 0. The average molecular weight is 708 g/mol. The quantitative estimate of drug-likeness (QED) is 0.179. The number of nitrogens with zero attached hydrogens (tertiary/aromatic N) is 3. The first kappa shape index (κ1) is 30.7. The number of hydrogen-bond donors (Lipinski definition) is 0. The van der Waals surface area contributed by atoms with Crippen molar-refractivity contribution >= 4 is 64.2 Å². The van der Waals surface area contributed by atoms with Gasteiger partial charge in [-0.2, -0.15) is 0 Å². The minimum atomic E-state index is 0.595. The van der Waals surface area contributed by atoms with Crippen molar-refractivity contribution in [3.63, 3.8) is 0 Å². The van der Waals surface area contributed by atoms with Crippen LogP contribution in [0, 0.1) is 0 Å². The van der Waals surface area contributed by atoms with E-state index in [0.29, 0.717) is 17.5 Å². The number of furan rings is 1. The standard InChI is InChI=1S/C49H29N3OS/c1-3-13-30(14-4-1)31-25-27-33(28-26-31)47-50-48(38-21-12-23-42-45(38)44-34(20-11-22-41(44)53-42)32-15-5-2-6-16-32)52-49(51-47)40-29-39-36-18-9-10-24-43(36)54-46(39)37-19-8-7-17-35(37)40/h1-29H. The van der Waals surface area contributed by atoms with E-state index in [1.165, 1.54) is 25.6 Å². The molecule has 4 nitrogen and oxygen atoms in total. The van der Waals surface area contributed by atoms with Crippen molar-refractivity contribution < 1.29 is 4.42 Å². The molecule has 0 bridgehead atoms. The Morgan fingerprint density at radius 1 is 0.352 bits per heavy atom. The molecular formula is C49H29N3OS. The molecule has 0 spiro atoms. The van der Waals surface area contributed by atoms with Gasteiger partial charge in [0.25, 0.3) is 0 Å². The van der Waals surface area contributed by atoms with E-state index in [1.807, 2.05) is 41.7 Å². The topological polar surface area (TPSA) is 51.8 Å². The lowest BCUT2D eigenvalue weighted by Gasteiger charge is -2.12. The van der Waals surface area contributed by atoms with Gasteiger partial charge in [0.1, 0.15) is 11.2 Å². The van der Waals surface area contributed by atoms with Gasteiger partial charge in [0.05, 0.1) is 0 Å². The number of hydrogen-bond acceptors (Lipinski definition) is 5. The van der Waals surface area contributed by atoms with Gasteiger partial charge in [0.15, 0.2) is 17.5 Å². The third-order valence-electron chi connectivity index (χ3n) is 10.4. The van der Waals surface area contributed by atoms with E-state index in [1.54, 1.807) is 0 Å². The zero-order valence-electron chi connectivity index (χ0n) is 28.9. The molecule has 0 radical (unpaired) electrons. The second-order valence-corrected chi connectivity index (χ2v) is 14.6. The Balaban J connectivity index is 1.20. The molecule has 8 aromatic carbocycles. The second-order valence-electron chi connectivity index (χ2n) is 13.5. The molecule has 0 fully saturated rings. The van der Waals surface area contributed by atoms with Gasteiger partial charge in [-0.3, -0.25) is 0 Å². The third-order valence-corrected chi connectivity index (χ3v) is 11.6. The van der Waals surface area contributed by atoms with Crippen LogP contribution in [0.25, 0.3) is 109 Å². The fourth-order valence-electron chi connectivity index (χ4n) is 7.83. The SMILES string of the molecule is c1ccc(-c2ccc(-c3nc(-c4cc5c6ccccc6sc5c5ccccc45)nc(-c4cccc5oc6cccc(-c7ccccc7)c6c45)n3)cc2)cc1. The van der Waals surface area contributed by atoms with Gasteiger partial charge in [0, 0.05) is 53.0 Å². The summed E-state index contributed by atoms with van der Waals surface area (Å²) in [5.74, 6) is 1.84. The summed E-state index contributed by atoms with van der Waals surface area (Å²) in [4.78, 5) is 15.9. The van der Waals surface area contributed by atoms with Crippen molar-refractivity contribution in [2.45, 2.75) is 0 Å². The molecule has 5 heteroatoms. The van der Waals surface area contributed by atoms with E-state index < -0.39 is 0 Å². The zero-order chi connectivity index (χ0) is 35.6. The monoisotopic (exact) mass is 707 g/mol. The molecule has 11 rings (SSSR count). The summed E-state index contributed by atoms with van der Waals surface area (Å²) in [6.07, 6.45) is 0. The molecule has 0 aliphatic carbocycles. The molecule has 0 saturated heterocycles. The Morgan fingerprint density at radius 2 is 0.889 bits per heavy atom. The highest BCUT2D eigenvalue weighted by Gasteiger charge is 2.22. The zero-order valence-corrected chi connectivity index (χ0v) is 29.7. The molecular weight excluding hydrogens is 679 g/mol. The molecule has 3 heterocycles. The highest BCUT2D eigenvalue weighted by Crippen LogP contribution is 2.44. The van der Waals surface area contributed by atoms with Crippen LogP contribution in [0.5, 0.6) is 0 Å². The Kier molecular flexibility index (Phi) is 7.00. The molecule has 0 unspecified atom stereocenters. The number of fused-ring (bicyclic) bond motifs is 8. The van der Waals surface area contributed by atoms with E-state index >= 15 is 0 Å². The Morgan fingerprint density at radius 3 is 1.63 bits per heavy atom. The molecule has 54 heavy (non-hydrogen) atoms. The third kappa shape index (κ3) is 4.94. The molecule has 3 aromatic heterocycles. The lowest BCUT2D eigenvalue weighted by atomic mass is 9.97. The highest BCUT2D eigenvalue weighted by molar-refractivity contribution is 7.26. The summed E-state index contributed by atoms with van der Waals surface area (Å²) < 4.78 is 9.06. The highest BCUT2D eigenvalue weighted by atomic mass is 32.1. The number of rotatable bonds is 5. The van der Waals surface area contributed by atoms with Gasteiger partial charge in [-0.1, -0.05) is 152 Å². The van der Waals surface area contributed by atoms with Gasteiger partial charge in [-0.25, -0.2) is 15.0 Å². The lowest BCUT2D eigenvalue weighted by molar-refractivity contribution is 0.669. The predicted octanol–water partition coefficient (Wildman–Crippen LogP) is 13.6.